The highest BCUT2D eigenvalue weighted by atomic mass is 16.7. The van der Waals surface area contributed by atoms with E-state index in [0.29, 0.717) is 0 Å². The van der Waals surface area contributed by atoms with Crippen LogP contribution in [0.1, 0.15) is 102 Å². The minimum Gasteiger partial charge on any atom is -0.459 e. The number of ketones is 1. The van der Waals surface area contributed by atoms with Crippen LogP contribution in [0.3, 0.4) is 0 Å². The van der Waals surface area contributed by atoms with Crippen LogP contribution in [0.25, 0.3) is 0 Å². The SMILES string of the molecule is CCCNC[C@]1(O)[C@H](C)O[C@@H](O[C@H]2[C@H](C)[C@@H](C)[C@](C)(O)C[C@@H](C)C(=O)[C@H](C)[C@@H](O)[C@](C)(O)[C@@H](CC)OC(=O)[C@@H]2C)C[C@@]1(C)OC. The van der Waals surface area contributed by atoms with Gasteiger partial charge >= 0.3 is 5.97 Å². The molecule has 0 aromatic heterocycles. The molecule has 11 heteroatoms. The Hall–Kier alpha value is -1.18. The molecule has 0 spiro atoms. The number of ether oxygens (including phenoxy) is 4. The van der Waals surface area contributed by atoms with Crippen molar-refractivity contribution in [3.8, 4) is 0 Å². The zero-order valence-electron chi connectivity index (χ0n) is 29.8. The molecular weight excluding hydrogens is 582 g/mol. The van der Waals surface area contributed by atoms with Gasteiger partial charge in [0.05, 0.1) is 29.8 Å². The van der Waals surface area contributed by atoms with E-state index in [1.165, 1.54) is 14.0 Å². The molecule has 0 amide bonds. The minimum absolute atomic E-state index is 0.107. The number of aliphatic hydroxyl groups excluding tert-OH is 1. The van der Waals surface area contributed by atoms with E-state index in [1.54, 1.807) is 41.5 Å². The first kappa shape index (κ1) is 40.0. The number of hydrogen-bond acceptors (Lipinski definition) is 11. The number of carbonyl (C=O) groups is 2. The van der Waals surface area contributed by atoms with E-state index >= 15 is 0 Å². The van der Waals surface area contributed by atoms with E-state index in [2.05, 4.69) is 5.32 Å². The second-order valence-corrected chi connectivity index (χ2v) is 14.6. The Morgan fingerprint density at radius 1 is 0.956 bits per heavy atom. The molecule has 264 valence electrons. The first-order valence-electron chi connectivity index (χ1n) is 16.8. The van der Waals surface area contributed by atoms with Crippen molar-refractivity contribution in [1.82, 2.24) is 5.32 Å². The number of esters is 1. The lowest BCUT2D eigenvalue weighted by Gasteiger charge is -2.53. The van der Waals surface area contributed by atoms with Crippen LogP contribution in [0, 0.1) is 29.6 Å². The highest BCUT2D eigenvalue weighted by molar-refractivity contribution is 5.83. The second kappa shape index (κ2) is 15.4. The summed E-state index contributed by atoms with van der Waals surface area (Å²) >= 11 is 0. The van der Waals surface area contributed by atoms with Crippen LogP contribution in [0.5, 0.6) is 0 Å². The molecule has 0 aromatic carbocycles. The van der Waals surface area contributed by atoms with Gasteiger partial charge in [0.25, 0.3) is 0 Å². The predicted octanol–water partition coefficient (Wildman–Crippen LogP) is 2.98. The van der Waals surface area contributed by atoms with E-state index in [9.17, 15) is 30.0 Å². The number of methoxy groups -OCH3 is 1. The van der Waals surface area contributed by atoms with Crippen molar-refractivity contribution in [2.75, 3.05) is 20.2 Å². The summed E-state index contributed by atoms with van der Waals surface area (Å²) < 4.78 is 24.7. The molecule has 14 atom stereocenters. The quantitative estimate of drug-likeness (QED) is 0.195. The monoisotopic (exact) mass is 645 g/mol. The molecule has 5 N–H and O–H groups in total. The van der Waals surface area contributed by atoms with E-state index in [4.69, 9.17) is 18.9 Å². The van der Waals surface area contributed by atoms with Crippen molar-refractivity contribution in [3.63, 3.8) is 0 Å². The Balaban J connectivity index is 2.54. The molecule has 0 unspecified atom stereocenters. The molecule has 0 bridgehead atoms. The highest BCUT2D eigenvalue weighted by Gasteiger charge is 2.58. The first-order valence-corrected chi connectivity index (χ1v) is 16.8. The third-order valence-corrected chi connectivity index (χ3v) is 11.2. The minimum atomic E-state index is -1.92. The Morgan fingerprint density at radius 2 is 1.56 bits per heavy atom. The van der Waals surface area contributed by atoms with Gasteiger partial charge in [0, 0.05) is 31.9 Å². The van der Waals surface area contributed by atoms with Crippen LogP contribution in [0.4, 0.5) is 0 Å². The van der Waals surface area contributed by atoms with Crippen molar-refractivity contribution >= 4 is 11.8 Å². The molecule has 2 rings (SSSR count). The lowest BCUT2D eigenvalue weighted by atomic mass is 9.70. The molecule has 45 heavy (non-hydrogen) atoms. The maximum atomic E-state index is 13.8. The van der Waals surface area contributed by atoms with Crippen LogP contribution < -0.4 is 5.32 Å². The Bertz CT molecular complexity index is 990. The van der Waals surface area contributed by atoms with Gasteiger partial charge < -0.3 is 44.7 Å². The number of aliphatic hydroxyl groups is 4. The van der Waals surface area contributed by atoms with Gasteiger partial charge in [-0.1, -0.05) is 41.5 Å². The number of hydrogen-bond donors (Lipinski definition) is 5. The Labute approximate surface area is 270 Å². The molecule has 0 saturated carbocycles. The van der Waals surface area contributed by atoms with Gasteiger partial charge in [0.2, 0.25) is 0 Å². The molecule has 2 aliphatic heterocycles. The van der Waals surface area contributed by atoms with Crippen LogP contribution >= 0.6 is 0 Å². The summed E-state index contributed by atoms with van der Waals surface area (Å²) in [6.07, 6.45) is -3.64. The van der Waals surface area contributed by atoms with E-state index in [1.807, 2.05) is 27.7 Å². The maximum absolute atomic E-state index is 13.8. The molecule has 0 radical (unpaired) electrons. The first-order chi connectivity index (χ1) is 20.6. The van der Waals surface area contributed by atoms with Crippen molar-refractivity contribution < 1.29 is 49.0 Å². The molecule has 11 nitrogen and oxygen atoms in total. The van der Waals surface area contributed by atoms with Crippen molar-refractivity contribution in [1.29, 1.82) is 0 Å². The lowest BCUT2D eigenvalue weighted by Crippen LogP contribution is -2.70. The number of Topliss-reactive ketones (excluding diaryl/α,β-unsaturated/α-hetero) is 1. The van der Waals surface area contributed by atoms with Crippen molar-refractivity contribution in [2.24, 2.45) is 29.6 Å². The number of carbonyl (C=O) groups excluding carboxylic acids is 2. The fraction of sp³-hybridized carbons (Fsp3) is 0.941. The zero-order chi connectivity index (χ0) is 34.7. The van der Waals surface area contributed by atoms with Gasteiger partial charge in [-0.3, -0.25) is 9.59 Å². The van der Waals surface area contributed by atoms with Crippen molar-refractivity contribution in [2.45, 2.75) is 155 Å². The Morgan fingerprint density at radius 3 is 2.09 bits per heavy atom. The molecular formula is C34H63NO10. The number of nitrogens with one attached hydrogen (secondary N) is 1. The van der Waals surface area contributed by atoms with Crippen molar-refractivity contribution in [3.05, 3.63) is 0 Å². The summed E-state index contributed by atoms with van der Waals surface area (Å²) in [6.45, 7) is 20.1. The standard InChI is InChI=1S/C34H63NO10/c1-13-15-35-18-34(41)24(8)43-26(17-32(34,10)42-12)45-28-20(4)23(7)31(9,39)16-19(3)27(36)21(5)29(37)33(11,40)25(14-2)44-30(38)22(28)6/h19-26,28-29,35,37,39-41H,13-18H2,1-12H3/t19-,20-,21+,22-,23-,24+,25-,26+,28+,29-,31-,32-,33-,34+/m1/s1. The average Bonchev–Trinajstić information content (AvgIpc) is 2.98. The van der Waals surface area contributed by atoms with Gasteiger partial charge in [-0.05, 0) is 72.3 Å². The summed E-state index contributed by atoms with van der Waals surface area (Å²) in [6, 6.07) is 0. The van der Waals surface area contributed by atoms with Crippen LogP contribution in [0.15, 0.2) is 0 Å². The highest BCUT2D eigenvalue weighted by Crippen LogP contribution is 2.43. The molecule has 2 aliphatic rings. The van der Waals surface area contributed by atoms with Crippen LogP contribution in [-0.4, -0.2) is 105 Å². The van der Waals surface area contributed by atoms with Gasteiger partial charge in [-0.15, -0.1) is 0 Å². The summed E-state index contributed by atoms with van der Waals surface area (Å²) in [5.41, 5.74) is -5.70. The topological polar surface area (TPSA) is 164 Å². The summed E-state index contributed by atoms with van der Waals surface area (Å²) in [5.74, 6) is -4.30. The van der Waals surface area contributed by atoms with E-state index in [-0.39, 0.29) is 31.6 Å². The summed E-state index contributed by atoms with van der Waals surface area (Å²) in [5, 5.41) is 49.4. The largest absolute Gasteiger partial charge is 0.459 e. The van der Waals surface area contributed by atoms with Gasteiger partial charge in [0.15, 0.2) is 6.29 Å². The third-order valence-electron chi connectivity index (χ3n) is 11.2. The van der Waals surface area contributed by atoms with E-state index < -0.39 is 88.7 Å². The number of rotatable bonds is 8. The van der Waals surface area contributed by atoms with Crippen LogP contribution in [0.2, 0.25) is 0 Å². The number of cyclic esters (lactones) is 1. The zero-order valence-corrected chi connectivity index (χ0v) is 29.8. The fourth-order valence-corrected chi connectivity index (χ4v) is 7.37. The van der Waals surface area contributed by atoms with E-state index in [0.717, 1.165) is 13.0 Å². The molecule has 0 aliphatic carbocycles. The van der Waals surface area contributed by atoms with Gasteiger partial charge in [-0.25, -0.2) is 0 Å². The summed E-state index contributed by atoms with van der Waals surface area (Å²) in [7, 11) is 1.54. The normalized spacial score (nSPS) is 47.6. The Kier molecular flexibility index (Phi) is 13.7. The smallest absolute Gasteiger partial charge is 0.311 e. The lowest BCUT2D eigenvalue weighted by molar-refractivity contribution is -0.329. The van der Waals surface area contributed by atoms with Gasteiger partial charge in [-0.2, -0.15) is 0 Å². The van der Waals surface area contributed by atoms with Crippen LogP contribution in [-0.2, 0) is 28.5 Å². The molecule has 2 heterocycles. The fourth-order valence-electron chi connectivity index (χ4n) is 7.37. The summed E-state index contributed by atoms with van der Waals surface area (Å²) in [4.78, 5) is 27.2. The predicted molar refractivity (Wildman–Crippen MR) is 170 cm³/mol. The second-order valence-electron chi connectivity index (χ2n) is 14.6. The molecule has 2 saturated heterocycles. The average molecular weight is 646 g/mol. The van der Waals surface area contributed by atoms with Gasteiger partial charge in [0.1, 0.15) is 28.7 Å². The maximum Gasteiger partial charge on any atom is 0.311 e. The molecule has 0 aromatic rings. The molecule has 2 fully saturated rings. The third kappa shape index (κ3) is 8.28.